The smallest absolute Gasteiger partial charge is 0.338 e. The molecule has 0 N–H and O–H groups in total. The van der Waals surface area contributed by atoms with Gasteiger partial charge in [0, 0.05) is 19.3 Å². The molecule has 0 spiro atoms. The normalized spacial score (nSPS) is 11.1. The Balaban J connectivity index is 2.00. The second kappa shape index (κ2) is 8.77. The molecular formula is C19H20FNO5S. The molecule has 0 atom stereocenters. The van der Waals surface area contributed by atoms with Crippen LogP contribution in [0, 0.1) is 5.82 Å². The molecule has 0 saturated heterocycles. The van der Waals surface area contributed by atoms with Crippen LogP contribution in [0.1, 0.15) is 22.8 Å². The van der Waals surface area contributed by atoms with Crippen molar-refractivity contribution in [3.63, 3.8) is 0 Å². The Labute approximate surface area is 157 Å². The first kappa shape index (κ1) is 20.6. The quantitative estimate of drug-likeness (QED) is 0.675. The number of ether oxygens (including phenoxy) is 1. The standard InChI is InChI=1S/C19H20FNO5S/c1-3-21(12-14-6-4-8-16(20)10-14)18(22)13-26-19(23)15-7-5-9-17(11-15)27(2,24)25/h4-11H,3,12-13H2,1-2H3. The molecule has 0 aliphatic carbocycles. The Hall–Kier alpha value is -2.74. The van der Waals surface area contributed by atoms with Crippen LogP contribution in [0.4, 0.5) is 4.39 Å². The van der Waals surface area contributed by atoms with E-state index in [1.54, 1.807) is 19.1 Å². The van der Waals surface area contributed by atoms with Gasteiger partial charge in [0.25, 0.3) is 5.91 Å². The molecule has 0 aliphatic heterocycles. The van der Waals surface area contributed by atoms with Gasteiger partial charge in [0.15, 0.2) is 16.4 Å². The average molecular weight is 393 g/mol. The molecule has 6 nitrogen and oxygen atoms in total. The first-order valence-corrected chi connectivity index (χ1v) is 10.1. The van der Waals surface area contributed by atoms with Crippen LogP contribution in [0.25, 0.3) is 0 Å². The van der Waals surface area contributed by atoms with Gasteiger partial charge in [-0.1, -0.05) is 18.2 Å². The Morgan fingerprint density at radius 2 is 1.81 bits per heavy atom. The third kappa shape index (κ3) is 5.89. The third-order valence-corrected chi connectivity index (χ3v) is 4.93. The highest BCUT2D eigenvalue weighted by Crippen LogP contribution is 2.13. The summed E-state index contributed by atoms with van der Waals surface area (Å²) < 4.78 is 41.4. The van der Waals surface area contributed by atoms with Gasteiger partial charge in [-0.25, -0.2) is 17.6 Å². The maximum absolute atomic E-state index is 13.3. The average Bonchev–Trinajstić information content (AvgIpc) is 2.63. The largest absolute Gasteiger partial charge is 0.452 e. The van der Waals surface area contributed by atoms with Crippen molar-refractivity contribution < 1.29 is 27.1 Å². The molecule has 144 valence electrons. The van der Waals surface area contributed by atoms with E-state index in [-0.39, 0.29) is 17.0 Å². The maximum atomic E-state index is 13.3. The van der Waals surface area contributed by atoms with Crippen LogP contribution >= 0.6 is 0 Å². The van der Waals surface area contributed by atoms with E-state index in [4.69, 9.17) is 4.74 Å². The summed E-state index contributed by atoms with van der Waals surface area (Å²) in [5, 5.41) is 0. The lowest BCUT2D eigenvalue weighted by Gasteiger charge is -2.21. The summed E-state index contributed by atoms with van der Waals surface area (Å²) in [6, 6.07) is 11.3. The highest BCUT2D eigenvalue weighted by molar-refractivity contribution is 7.90. The van der Waals surface area contributed by atoms with Crippen LogP contribution in [0.2, 0.25) is 0 Å². The highest BCUT2D eigenvalue weighted by atomic mass is 32.2. The number of benzene rings is 2. The summed E-state index contributed by atoms with van der Waals surface area (Å²) >= 11 is 0. The summed E-state index contributed by atoms with van der Waals surface area (Å²) in [6.45, 7) is 1.81. The van der Waals surface area contributed by atoms with Gasteiger partial charge in [-0.05, 0) is 42.8 Å². The van der Waals surface area contributed by atoms with Gasteiger partial charge in [0.1, 0.15) is 5.82 Å². The lowest BCUT2D eigenvalue weighted by molar-refractivity contribution is -0.134. The molecule has 0 unspecified atom stereocenters. The predicted molar refractivity (Wildman–Crippen MR) is 97.3 cm³/mol. The number of nitrogens with zero attached hydrogens (tertiary/aromatic N) is 1. The molecule has 0 aromatic heterocycles. The van der Waals surface area contributed by atoms with E-state index < -0.39 is 34.1 Å². The molecule has 0 radical (unpaired) electrons. The van der Waals surface area contributed by atoms with Gasteiger partial charge in [-0.3, -0.25) is 4.79 Å². The number of halogens is 1. The predicted octanol–water partition coefficient (Wildman–Crippen LogP) is 2.43. The highest BCUT2D eigenvalue weighted by Gasteiger charge is 2.17. The van der Waals surface area contributed by atoms with Crippen LogP contribution in [0.3, 0.4) is 0 Å². The molecule has 2 aromatic rings. The summed E-state index contributed by atoms with van der Waals surface area (Å²) in [6.07, 6.45) is 1.03. The van der Waals surface area contributed by atoms with Crippen LogP contribution in [0.5, 0.6) is 0 Å². The first-order chi connectivity index (χ1) is 12.7. The van der Waals surface area contributed by atoms with Crippen LogP contribution < -0.4 is 0 Å². The number of carbonyl (C=O) groups is 2. The van der Waals surface area contributed by atoms with Crippen molar-refractivity contribution >= 4 is 21.7 Å². The van der Waals surface area contributed by atoms with Gasteiger partial charge in [0.05, 0.1) is 10.5 Å². The molecule has 0 heterocycles. The molecule has 2 aromatic carbocycles. The molecule has 0 bridgehead atoms. The molecule has 8 heteroatoms. The number of carbonyl (C=O) groups excluding carboxylic acids is 2. The van der Waals surface area contributed by atoms with E-state index in [0.29, 0.717) is 12.1 Å². The minimum absolute atomic E-state index is 0.00966. The Bertz CT molecular complexity index is 943. The van der Waals surface area contributed by atoms with Crippen molar-refractivity contribution in [2.24, 2.45) is 0 Å². The number of sulfone groups is 1. The van der Waals surface area contributed by atoms with Gasteiger partial charge in [0.2, 0.25) is 0 Å². The fourth-order valence-corrected chi connectivity index (χ4v) is 3.05. The third-order valence-electron chi connectivity index (χ3n) is 3.82. The Kier molecular flexibility index (Phi) is 6.68. The molecule has 2 rings (SSSR count). The number of amides is 1. The van der Waals surface area contributed by atoms with Gasteiger partial charge in [-0.2, -0.15) is 0 Å². The minimum atomic E-state index is -3.46. The van der Waals surface area contributed by atoms with E-state index in [0.717, 1.165) is 6.26 Å². The molecule has 0 fully saturated rings. The number of rotatable bonds is 7. The van der Waals surface area contributed by atoms with Crippen molar-refractivity contribution in [3.05, 3.63) is 65.5 Å². The van der Waals surface area contributed by atoms with Crippen molar-refractivity contribution in [3.8, 4) is 0 Å². The second-order valence-electron chi connectivity index (χ2n) is 5.91. The van der Waals surface area contributed by atoms with Gasteiger partial charge >= 0.3 is 5.97 Å². The second-order valence-corrected chi connectivity index (χ2v) is 7.93. The monoisotopic (exact) mass is 393 g/mol. The summed E-state index contributed by atoms with van der Waals surface area (Å²) in [4.78, 5) is 25.8. The number of hydrogen-bond donors (Lipinski definition) is 0. The molecule has 0 aliphatic rings. The maximum Gasteiger partial charge on any atom is 0.338 e. The first-order valence-electron chi connectivity index (χ1n) is 8.20. The van der Waals surface area contributed by atoms with Crippen LogP contribution in [0.15, 0.2) is 53.4 Å². The number of likely N-dealkylation sites (N-methyl/N-ethyl adjacent to an activating group) is 1. The zero-order valence-corrected chi connectivity index (χ0v) is 15.8. The van der Waals surface area contributed by atoms with E-state index >= 15 is 0 Å². The van der Waals surface area contributed by atoms with Crippen molar-refractivity contribution in [2.45, 2.75) is 18.4 Å². The van der Waals surface area contributed by atoms with Crippen LogP contribution in [-0.4, -0.2) is 44.6 Å². The van der Waals surface area contributed by atoms with Crippen LogP contribution in [-0.2, 0) is 25.9 Å². The Morgan fingerprint density at radius 3 is 2.44 bits per heavy atom. The summed E-state index contributed by atoms with van der Waals surface area (Å²) in [5.41, 5.74) is 0.663. The van der Waals surface area contributed by atoms with E-state index in [1.807, 2.05) is 0 Å². The fourth-order valence-electron chi connectivity index (χ4n) is 2.39. The summed E-state index contributed by atoms with van der Waals surface area (Å²) in [7, 11) is -3.46. The molecule has 1 amide bonds. The topological polar surface area (TPSA) is 80.8 Å². The SMILES string of the molecule is CCN(Cc1cccc(F)c1)C(=O)COC(=O)c1cccc(S(C)(=O)=O)c1. The number of hydrogen-bond acceptors (Lipinski definition) is 5. The molecular weight excluding hydrogens is 373 g/mol. The molecule has 0 saturated carbocycles. The number of esters is 1. The van der Waals surface area contributed by atoms with Crippen molar-refractivity contribution in [2.75, 3.05) is 19.4 Å². The van der Waals surface area contributed by atoms with E-state index in [9.17, 15) is 22.4 Å². The zero-order valence-electron chi connectivity index (χ0n) is 15.0. The van der Waals surface area contributed by atoms with Gasteiger partial charge < -0.3 is 9.64 Å². The minimum Gasteiger partial charge on any atom is -0.452 e. The lowest BCUT2D eigenvalue weighted by atomic mass is 10.2. The van der Waals surface area contributed by atoms with Crippen molar-refractivity contribution in [1.82, 2.24) is 4.90 Å². The zero-order chi connectivity index (χ0) is 20.0. The molecule has 27 heavy (non-hydrogen) atoms. The fraction of sp³-hybridized carbons (Fsp3) is 0.263. The summed E-state index contributed by atoms with van der Waals surface area (Å²) in [5.74, 6) is -1.63. The van der Waals surface area contributed by atoms with E-state index in [1.165, 1.54) is 41.3 Å². The lowest BCUT2D eigenvalue weighted by Crippen LogP contribution is -2.34. The van der Waals surface area contributed by atoms with Crippen molar-refractivity contribution in [1.29, 1.82) is 0 Å². The van der Waals surface area contributed by atoms with E-state index in [2.05, 4.69) is 0 Å². The van der Waals surface area contributed by atoms with Gasteiger partial charge in [-0.15, -0.1) is 0 Å². The Morgan fingerprint density at radius 1 is 1.11 bits per heavy atom.